The van der Waals surface area contributed by atoms with Gasteiger partial charge in [-0.1, -0.05) is 12.1 Å². The highest BCUT2D eigenvalue weighted by molar-refractivity contribution is 6.04. The topological polar surface area (TPSA) is 68.5 Å². The molecule has 0 radical (unpaired) electrons. The first-order valence-electron chi connectivity index (χ1n) is 4.96. The lowest BCUT2D eigenvalue weighted by Gasteiger charge is -2.11. The van der Waals surface area contributed by atoms with Crippen LogP contribution in [0.25, 0.3) is 10.9 Å². The van der Waals surface area contributed by atoms with E-state index in [0.717, 1.165) is 6.07 Å². The van der Waals surface area contributed by atoms with Gasteiger partial charge in [-0.25, -0.2) is 4.79 Å². The summed E-state index contributed by atoms with van der Waals surface area (Å²) in [6, 6.07) is 6.15. The smallest absolute Gasteiger partial charge is 0.336 e. The van der Waals surface area contributed by atoms with Gasteiger partial charge in [0.15, 0.2) is 0 Å². The van der Waals surface area contributed by atoms with E-state index in [2.05, 4.69) is 0 Å². The first-order valence-corrected chi connectivity index (χ1v) is 4.96. The number of carboxylic acids is 1. The monoisotopic (exact) mass is 233 g/mol. The van der Waals surface area contributed by atoms with Crippen LogP contribution < -0.4 is 10.3 Å². The second kappa shape index (κ2) is 3.93. The standard InChI is InChI=1S/C12H11NO4/c1-13-10(14)6-8(12(15)16)7-4-3-5-9(17-2)11(7)13/h3-6H,1-2H3,(H,15,16). The van der Waals surface area contributed by atoms with Gasteiger partial charge in [0.2, 0.25) is 0 Å². The summed E-state index contributed by atoms with van der Waals surface area (Å²) in [5.41, 5.74) is 0.0984. The zero-order valence-electron chi connectivity index (χ0n) is 9.43. The fourth-order valence-corrected chi connectivity index (χ4v) is 1.84. The molecule has 5 heteroatoms. The van der Waals surface area contributed by atoms with Gasteiger partial charge in [-0.05, 0) is 6.07 Å². The Bertz CT molecular complexity index is 657. The number of aromatic carboxylic acids is 1. The number of aromatic nitrogens is 1. The molecule has 0 fully saturated rings. The number of hydrogen-bond donors (Lipinski definition) is 1. The van der Waals surface area contributed by atoms with E-state index in [-0.39, 0.29) is 11.1 Å². The molecule has 0 aliphatic heterocycles. The number of ether oxygens (including phenoxy) is 1. The van der Waals surface area contributed by atoms with E-state index in [0.29, 0.717) is 16.7 Å². The predicted octanol–water partition coefficient (Wildman–Crippen LogP) is 1.25. The quantitative estimate of drug-likeness (QED) is 0.847. The minimum Gasteiger partial charge on any atom is -0.495 e. The lowest BCUT2D eigenvalue weighted by Crippen LogP contribution is -2.19. The molecule has 17 heavy (non-hydrogen) atoms. The Morgan fingerprint density at radius 3 is 2.71 bits per heavy atom. The number of para-hydroxylation sites is 1. The molecular weight excluding hydrogens is 222 g/mol. The highest BCUT2D eigenvalue weighted by Crippen LogP contribution is 2.25. The molecule has 1 aromatic carbocycles. The number of methoxy groups -OCH3 is 1. The van der Waals surface area contributed by atoms with Gasteiger partial charge in [0.25, 0.3) is 5.56 Å². The van der Waals surface area contributed by atoms with E-state index >= 15 is 0 Å². The zero-order valence-corrected chi connectivity index (χ0v) is 9.43. The van der Waals surface area contributed by atoms with Gasteiger partial charge >= 0.3 is 5.97 Å². The number of aryl methyl sites for hydroxylation is 1. The second-order valence-corrected chi connectivity index (χ2v) is 3.62. The SMILES string of the molecule is COc1cccc2c(C(=O)O)cc(=O)n(C)c12. The third-order valence-corrected chi connectivity index (χ3v) is 2.67. The van der Waals surface area contributed by atoms with Crippen LogP contribution in [0.4, 0.5) is 0 Å². The minimum atomic E-state index is -1.12. The first-order chi connectivity index (χ1) is 8.06. The van der Waals surface area contributed by atoms with Crippen molar-refractivity contribution in [2.75, 3.05) is 7.11 Å². The summed E-state index contributed by atoms with van der Waals surface area (Å²) in [4.78, 5) is 22.8. The number of nitrogens with zero attached hydrogens (tertiary/aromatic N) is 1. The van der Waals surface area contributed by atoms with Crippen LogP contribution in [-0.2, 0) is 7.05 Å². The molecule has 1 aromatic heterocycles. The number of hydrogen-bond acceptors (Lipinski definition) is 3. The molecule has 1 heterocycles. The summed E-state index contributed by atoms with van der Waals surface area (Å²) in [7, 11) is 3.06. The lowest BCUT2D eigenvalue weighted by atomic mass is 10.1. The molecule has 2 aromatic rings. The van der Waals surface area contributed by atoms with Gasteiger partial charge in [-0.2, -0.15) is 0 Å². The predicted molar refractivity (Wildman–Crippen MR) is 62.7 cm³/mol. The van der Waals surface area contributed by atoms with Gasteiger partial charge in [0, 0.05) is 18.5 Å². The lowest BCUT2D eigenvalue weighted by molar-refractivity contribution is 0.0699. The molecule has 5 nitrogen and oxygen atoms in total. The summed E-state index contributed by atoms with van der Waals surface area (Å²) in [6.07, 6.45) is 0. The molecular formula is C12H11NO4. The van der Waals surface area contributed by atoms with Crippen LogP contribution in [0.15, 0.2) is 29.1 Å². The molecule has 0 unspecified atom stereocenters. The van der Waals surface area contributed by atoms with E-state index in [1.54, 1.807) is 25.2 Å². The van der Waals surface area contributed by atoms with E-state index < -0.39 is 5.97 Å². The molecule has 88 valence electrons. The van der Waals surface area contributed by atoms with Gasteiger partial charge in [0.05, 0.1) is 18.2 Å². The molecule has 0 bridgehead atoms. The van der Waals surface area contributed by atoms with Crippen LogP contribution in [-0.4, -0.2) is 22.8 Å². The minimum absolute atomic E-state index is 0.0120. The van der Waals surface area contributed by atoms with Gasteiger partial charge in [0.1, 0.15) is 5.75 Å². The molecule has 0 saturated carbocycles. The van der Waals surface area contributed by atoms with Crippen LogP contribution in [0.5, 0.6) is 5.75 Å². The van der Waals surface area contributed by atoms with Crippen LogP contribution >= 0.6 is 0 Å². The average Bonchev–Trinajstić information content (AvgIpc) is 2.32. The highest BCUT2D eigenvalue weighted by atomic mass is 16.5. The van der Waals surface area contributed by atoms with Crippen molar-refractivity contribution >= 4 is 16.9 Å². The number of carboxylic acid groups (broad SMARTS) is 1. The van der Waals surface area contributed by atoms with Crippen LogP contribution in [0.1, 0.15) is 10.4 Å². The third kappa shape index (κ3) is 1.65. The molecule has 0 atom stereocenters. The van der Waals surface area contributed by atoms with E-state index in [9.17, 15) is 9.59 Å². The number of benzene rings is 1. The first kappa shape index (κ1) is 11.2. The fourth-order valence-electron chi connectivity index (χ4n) is 1.84. The molecule has 0 amide bonds. The summed E-state index contributed by atoms with van der Waals surface area (Å²) in [5, 5.41) is 9.56. The highest BCUT2D eigenvalue weighted by Gasteiger charge is 2.14. The maximum Gasteiger partial charge on any atom is 0.336 e. The largest absolute Gasteiger partial charge is 0.495 e. The summed E-state index contributed by atoms with van der Waals surface area (Å²) in [6.45, 7) is 0. The molecule has 0 aliphatic rings. The maximum absolute atomic E-state index is 11.7. The Kier molecular flexibility index (Phi) is 2.59. The van der Waals surface area contributed by atoms with Crippen molar-refractivity contribution in [1.82, 2.24) is 4.57 Å². The Hall–Kier alpha value is -2.30. The summed E-state index contributed by atoms with van der Waals surface area (Å²) < 4.78 is 6.52. The number of pyridine rings is 1. The van der Waals surface area contributed by atoms with Gasteiger partial charge < -0.3 is 14.4 Å². The molecule has 2 rings (SSSR count). The van der Waals surface area contributed by atoms with Crippen molar-refractivity contribution in [2.24, 2.45) is 7.05 Å². The van der Waals surface area contributed by atoms with Crippen LogP contribution in [0.2, 0.25) is 0 Å². The van der Waals surface area contributed by atoms with Crippen molar-refractivity contribution < 1.29 is 14.6 Å². The van der Waals surface area contributed by atoms with E-state index in [1.807, 2.05) is 0 Å². The zero-order chi connectivity index (χ0) is 12.6. The van der Waals surface area contributed by atoms with Crippen molar-refractivity contribution in [3.05, 3.63) is 40.2 Å². The maximum atomic E-state index is 11.7. The molecule has 0 saturated heterocycles. The third-order valence-electron chi connectivity index (χ3n) is 2.67. The van der Waals surface area contributed by atoms with Gasteiger partial charge in [-0.3, -0.25) is 4.79 Å². The van der Waals surface area contributed by atoms with E-state index in [1.165, 1.54) is 11.7 Å². The van der Waals surface area contributed by atoms with Crippen LogP contribution in [0, 0.1) is 0 Å². The normalized spacial score (nSPS) is 10.5. The molecule has 1 N–H and O–H groups in total. The molecule has 0 spiro atoms. The van der Waals surface area contributed by atoms with Crippen molar-refractivity contribution in [2.45, 2.75) is 0 Å². The van der Waals surface area contributed by atoms with Crippen molar-refractivity contribution in [3.63, 3.8) is 0 Å². The number of rotatable bonds is 2. The van der Waals surface area contributed by atoms with Crippen LogP contribution in [0.3, 0.4) is 0 Å². The van der Waals surface area contributed by atoms with E-state index in [4.69, 9.17) is 9.84 Å². The Balaban J connectivity index is 3.03. The fraction of sp³-hybridized carbons (Fsp3) is 0.167. The van der Waals surface area contributed by atoms with Crippen molar-refractivity contribution in [1.29, 1.82) is 0 Å². The van der Waals surface area contributed by atoms with Gasteiger partial charge in [-0.15, -0.1) is 0 Å². The Labute approximate surface area is 96.9 Å². The molecule has 0 aliphatic carbocycles. The second-order valence-electron chi connectivity index (χ2n) is 3.62. The number of fused-ring (bicyclic) bond motifs is 1. The summed E-state index contributed by atoms with van der Waals surface area (Å²) in [5.74, 6) is -0.647. The summed E-state index contributed by atoms with van der Waals surface area (Å²) >= 11 is 0. The average molecular weight is 233 g/mol. The van der Waals surface area contributed by atoms with Crippen molar-refractivity contribution in [3.8, 4) is 5.75 Å². The number of carbonyl (C=O) groups is 1. The Morgan fingerprint density at radius 1 is 1.41 bits per heavy atom. The Morgan fingerprint density at radius 2 is 2.12 bits per heavy atom.